The van der Waals surface area contributed by atoms with Gasteiger partial charge in [0.2, 0.25) is 0 Å². The van der Waals surface area contributed by atoms with E-state index in [-0.39, 0.29) is 0 Å². The summed E-state index contributed by atoms with van der Waals surface area (Å²) in [6.45, 7) is 0. The molecular formula is C13H16O2S. The number of carbonyl (C=O) groups is 1. The number of rotatable bonds is 4. The van der Waals surface area contributed by atoms with Crippen LogP contribution in [0.25, 0.3) is 0 Å². The summed E-state index contributed by atoms with van der Waals surface area (Å²) in [4.78, 5) is 11.1. The Hall–Kier alpha value is -0.960. The Labute approximate surface area is 100 Å². The minimum Gasteiger partial charge on any atom is -0.497 e. The Morgan fingerprint density at radius 1 is 1.38 bits per heavy atom. The highest BCUT2D eigenvalue weighted by molar-refractivity contribution is 7.99. The van der Waals surface area contributed by atoms with Gasteiger partial charge in [0, 0.05) is 23.8 Å². The van der Waals surface area contributed by atoms with Crippen molar-refractivity contribution < 1.29 is 9.53 Å². The maximum Gasteiger partial charge on any atom is 0.134 e. The van der Waals surface area contributed by atoms with Crippen molar-refractivity contribution >= 4 is 17.5 Å². The third-order valence-corrected chi connectivity index (χ3v) is 4.22. The topological polar surface area (TPSA) is 26.3 Å². The maximum atomic E-state index is 11.1. The number of methoxy groups -OCH3 is 1. The molecule has 0 bridgehead atoms. The summed E-state index contributed by atoms with van der Waals surface area (Å²) in [6, 6.07) is 8.14. The van der Waals surface area contributed by atoms with Gasteiger partial charge in [0.1, 0.15) is 11.5 Å². The fourth-order valence-corrected chi connectivity index (χ4v) is 3.07. The molecule has 0 heterocycles. The number of thioether (sulfide) groups is 1. The van der Waals surface area contributed by atoms with Gasteiger partial charge in [-0.25, -0.2) is 0 Å². The lowest BCUT2D eigenvalue weighted by atomic mass is 10.2. The summed E-state index contributed by atoms with van der Waals surface area (Å²) in [5.74, 6) is 2.30. The van der Waals surface area contributed by atoms with Crippen LogP contribution in [0.5, 0.6) is 5.75 Å². The lowest BCUT2D eigenvalue weighted by Crippen LogP contribution is -1.97. The first kappa shape index (κ1) is 11.5. The van der Waals surface area contributed by atoms with Gasteiger partial charge in [-0.2, -0.15) is 11.8 Å². The van der Waals surface area contributed by atoms with Crippen LogP contribution in [0.1, 0.15) is 24.8 Å². The largest absolute Gasteiger partial charge is 0.497 e. The fourth-order valence-electron chi connectivity index (χ4n) is 1.86. The molecule has 0 aliphatic heterocycles. The average molecular weight is 236 g/mol. The molecule has 1 aliphatic rings. The molecule has 2 nitrogen and oxygen atoms in total. The standard InChI is InChI=1S/C13H16O2S/c1-15-12-5-2-10(3-6-12)9-16-13-7-4-11(14)8-13/h2-3,5-6,13H,4,7-9H2,1H3. The summed E-state index contributed by atoms with van der Waals surface area (Å²) < 4.78 is 5.11. The van der Waals surface area contributed by atoms with E-state index in [4.69, 9.17) is 4.74 Å². The van der Waals surface area contributed by atoms with Crippen molar-refractivity contribution in [3.63, 3.8) is 0 Å². The predicted octanol–water partition coefficient (Wildman–Crippen LogP) is 3.05. The second-order valence-corrected chi connectivity index (χ2v) is 5.35. The van der Waals surface area contributed by atoms with Crippen LogP contribution in [0.4, 0.5) is 0 Å². The predicted molar refractivity (Wildman–Crippen MR) is 66.9 cm³/mol. The molecule has 1 atom stereocenters. The minimum absolute atomic E-state index is 0.423. The molecule has 0 amide bonds. The van der Waals surface area contributed by atoms with Gasteiger partial charge in [-0.15, -0.1) is 0 Å². The van der Waals surface area contributed by atoms with Crippen LogP contribution in [0, 0.1) is 0 Å². The smallest absolute Gasteiger partial charge is 0.134 e. The van der Waals surface area contributed by atoms with E-state index in [0.717, 1.165) is 30.8 Å². The van der Waals surface area contributed by atoms with Gasteiger partial charge in [0.25, 0.3) is 0 Å². The van der Waals surface area contributed by atoms with E-state index in [1.54, 1.807) is 7.11 Å². The highest BCUT2D eigenvalue weighted by Gasteiger charge is 2.21. The van der Waals surface area contributed by atoms with Crippen LogP contribution >= 0.6 is 11.8 Å². The van der Waals surface area contributed by atoms with E-state index in [9.17, 15) is 4.79 Å². The number of ether oxygens (including phenoxy) is 1. The van der Waals surface area contributed by atoms with E-state index in [2.05, 4.69) is 12.1 Å². The summed E-state index contributed by atoms with van der Waals surface area (Å²) in [7, 11) is 1.67. The molecule has 0 radical (unpaired) electrons. The zero-order valence-corrected chi connectivity index (χ0v) is 10.3. The average Bonchev–Trinajstić information content (AvgIpc) is 2.73. The van der Waals surface area contributed by atoms with E-state index in [0.29, 0.717) is 11.0 Å². The summed E-state index contributed by atoms with van der Waals surface area (Å²) in [6.07, 6.45) is 2.60. The molecule has 16 heavy (non-hydrogen) atoms. The van der Waals surface area contributed by atoms with Gasteiger partial charge in [-0.05, 0) is 24.1 Å². The maximum absolute atomic E-state index is 11.1. The first-order valence-electron chi connectivity index (χ1n) is 5.54. The van der Waals surface area contributed by atoms with Gasteiger partial charge < -0.3 is 4.74 Å². The van der Waals surface area contributed by atoms with E-state index < -0.39 is 0 Å². The molecule has 86 valence electrons. The van der Waals surface area contributed by atoms with Gasteiger partial charge in [-0.1, -0.05) is 12.1 Å². The third-order valence-electron chi connectivity index (χ3n) is 2.85. The van der Waals surface area contributed by atoms with E-state index in [1.165, 1.54) is 5.56 Å². The molecular weight excluding hydrogens is 220 g/mol. The Bertz CT molecular complexity index is 359. The second-order valence-electron chi connectivity index (χ2n) is 4.06. The summed E-state index contributed by atoms with van der Waals surface area (Å²) in [5.41, 5.74) is 1.30. The number of benzene rings is 1. The van der Waals surface area contributed by atoms with Crippen molar-refractivity contribution in [2.45, 2.75) is 30.3 Å². The Morgan fingerprint density at radius 3 is 2.69 bits per heavy atom. The fraction of sp³-hybridized carbons (Fsp3) is 0.462. The number of Topliss-reactive ketones (excluding diaryl/α,β-unsaturated/α-hetero) is 1. The van der Waals surface area contributed by atoms with Crippen molar-refractivity contribution in [2.75, 3.05) is 7.11 Å². The van der Waals surface area contributed by atoms with Crippen molar-refractivity contribution in [3.05, 3.63) is 29.8 Å². The van der Waals surface area contributed by atoms with Crippen molar-refractivity contribution in [2.24, 2.45) is 0 Å². The van der Waals surface area contributed by atoms with Gasteiger partial charge in [0.05, 0.1) is 7.11 Å². The monoisotopic (exact) mass is 236 g/mol. The molecule has 1 fully saturated rings. The number of carbonyl (C=O) groups excluding carboxylic acids is 1. The van der Waals surface area contributed by atoms with Crippen LogP contribution in [-0.4, -0.2) is 18.1 Å². The molecule has 0 aromatic heterocycles. The molecule has 0 saturated heterocycles. The molecule has 1 aliphatic carbocycles. The molecule has 1 unspecified atom stereocenters. The zero-order chi connectivity index (χ0) is 11.4. The second kappa shape index (κ2) is 5.39. The molecule has 3 heteroatoms. The number of ketones is 1. The Morgan fingerprint density at radius 2 is 2.12 bits per heavy atom. The van der Waals surface area contributed by atoms with E-state index in [1.807, 2.05) is 23.9 Å². The summed E-state index contributed by atoms with van der Waals surface area (Å²) in [5, 5.41) is 0.537. The Balaban J connectivity index is 1.82. The van der Waals surface area contributed by atoms with Crippen molar-refractivity contribution in [1.82, 2.24) is 0 Å². The third kappa shape index (κ3) is 3.01. The van der Waals surface area contributed by atoms with Crippen LogP contribution < -0.4 is 4.74 Å². The number of hydrogen-bond acceptors (Lipinski definition) is 3. The first-order valence-corrected chi connectivity index (χ1v) is 6.59. The van der Waals surface area contributed by atoms with Crippen LogP contribution in [0.15, 0.2) is 24.3 Å². The molecule has 2 rings (SSSR count). The van der Waals surface area contributed by atoms with E-state index >= 15 is 0 Å². The molecule has 0 spiro atoms. The van der Waals surface area contributed by atoms with Crippen molar-refractivity contribution in [3.8, 4) is 5.75 Å². The molecule has 0 N–H and O–H groups in total. The van der Waals surface area contributed by atoms with Gasteiger partial charge in [0.15, 0.2) is 0 Å². The van der Waals surface area contributed by atoms with Gasteiger partial charge >= 0.3 is 0 Å². The van der Waals surface area contributed by atoms with Crippen LogP contribution in [0.2, 0.25) is 0 Å². The van der Waals surface area contributed by atoms with Crippen molar-refractivity contribution in [1.29, 1.82) is 0 Å². The Kier molecular flexibility index (Phi) is 3.88. The summed E-state index contributed by atoms with van der Waals surface area (Å²) >= 11 is 1.89. The quantitative estimate of drug-likeness (QED) is 0.803. The lowest BCUT2D eigenvalue weighted by Gasteiger charge is -2.08. The highest BCUT2D eigenvalue weighted by Crippen LogP contribution is 2.30. The zero-order valence-electron chi connectivity index (χ0n) is 9.44. The highest BCUT2D eigenvalue weighted by atomic mass is 32.2. The first-order chi connectivity index (χ1) is 7.78. The van der Waals surface area contributed by atoms with Crippen LogP contribution in [0.3, 0.4) is 0 Å². The van der Waals surface area contributed by atoms with Crippen LogP contribution in [-0.2, 0) is 10.5 Å². The molecule has 1 aromatic carbocycles. The number of hydrogen-bond donors (Lipinski definition) is 0. The SMILES string of the molecule is COc1ccc(CSC2CCC(=O)C2)cc1. The molecule has 1 saturated carbocycles. The lowest BCUT2D eigenvalue weighted by molar-refractivity contribution is -0.117. The minimum atomic E-state index is 0.423. The molecule has 1 aromatic rings. The van der Waals surface area contributed by atoms with Gasteiger partial charge in [-0.3, -0.25) is 4.79 Å². The normalized spacial score (nSPS) is 20.1.